The Hall–Kier alpha value is -1.84. The van der Waals surface area contributed by atoms with E-state index in [0.29, 0.717) is 5.47 Å². The SMILES string of the molecule is OB(O)C(=Cc1ccccc1)c1ccccc1. The van der Waals surface area contributed by atoms with Gasteiger partial charge in [-0.3, -0.25) is 0 Å². The molecule has 0 aliphatic rings. The van der Waals surface area contributed by atoms with Gasteiger partial charge < -0.3 is 10.0 Å². The monoisotopic (exact) mass is 224 g/mol. The van der Waals surface area contributed by atoms with E-state index in [1.165, 1.54) is 0 Å². The van der Waals surface area contributed by atoms with Crippen molar-refractivity contribution in [1.29, 1.82) is 0 Å². The first-order chi connectivity index (χ1) is 8.27. The molecule has 0 bridgehead atoms. The lowest BCUT2D eigenvalue weighted by molar-refractivity contribution is 0.427. The largest absolute Gasteiger partial charge is 0.489 e. The van der Waals surface area contributed by atoms with Gasteiger partial charge in [-0.1, -0.05) is 66.7 Å². The molecule has 0 aromatic heterocycles. The lowest BCUT2D eigenvalue weighted by atomic mass is 9.74. The van der Waals surface area contributed by atoms with Crippen LogP contribution in [0.25, 0.3) is 11.5 Å². The summed E-state index contributed by atoms with van der Waals surface area (Å²) in [6, 6.07) is 18.9. The summed E-state index contributed by atoms with van der Waals surface area (Å²) in [4.78, 5) is 0. The van der Waals surface area contributed by atoms with E-state index in [0.717, 1.165) is 11.1 Å². The van der Waals surface area contributed by atoms with Crippen molar-refractivity contribution in [2.75, 3.05) is 0 Å². The molecule has 84 valence electrons. The molecule has 0 saturated heterocycles. The average Bonchev–Trinajstić information content (AvgIpc) is 2.38. The Balaban J connectivity index is 2.40. The van der Waals surface area contributed by atoms with Gasteiger partial charge >= 0.3 is 7.12 Å². The number of benzene rings is 2. The molecule has 2 rings (SSSR count). The molecule has 2 aromatic carbocycles. The second kappa shape index (κ2) is 5.48. The fourth-order valence-corrected chi connectivity index (χ4v) is 1.67. The van der Waals surface area contributed by atoms with Crippen molar-refractivity contribution in [1.82, 2.24) is 0 Å². The van der Waals surface area contributed by atoms with Gasteiger partial charge in [-0.05, 0) is 16.6 Å². The summed E-state index contributed by atoms with van der Waals surface area (Å²) in [7, 11) is -1.47. The van der Waals surface area contributed by atoms with Gasteiger partial charge in [0.1, 0.15) is 0 Å². The molecule has 0 aliphatic carbocycles. The van der Waals surface area contributed by atoms with E-state index in [1.807, 2.05) is 60.7 Å². The van der Waals surface area contributed by atoms with Crippen LogP contribution < -0.4 is 0 Å². The van der Waals surface area contributed by atoms with Crippen molar-refractivity contribution in [3.8, 4) is 0 Å². The van der Waals surface area contributed by atoms with E-state index in [4.69, 9.17) is 0 Å². The van der Waals surface area contributed by atoms with E-state index in [2.05, 4.69) is 0 Å². The second-order valence-corrected chi connectivity index (χ2v) is 3.75. The molecule has 0 spiro atoms. The maximum Gasteiger partial charge on any atom is 0.489 e. The smallest absolute Gasteiger partial charge is 0.423 e. The predicted octanol–water partition coefficient (Wildman–Crippen LogP) is 2.24. The van der Waals surface area contributed by atoms with Gasteiger partial charge in [0.2, 0.25) is 0 Å². The van der Waals surface area contributed by atoms with E-state index in [1.54, 1.807) is 6.08 Å². The van der Waals surface area contributed by atoms with Crippen LogP contribution in [-0.4, -0.2) is 17.2 Å². The van der Waals surface area contributed by atoms with Gasteiger partial charge in [-0.15, -0.1) is 0 Å². The Labute approximate surface area is 101 Å². The predicted molar refractivity (Wildman–Crippen MR) is 70.9 cm³/mol. The molecule has 2 N–H and O–H groups in total. The van der Waals surface area contributed by atoms with Gasteiger partial charge in [0.05, 0.1) is 0 Å². The molecule has 0 aliphatic heterocycles. The summed E-state index contributed by atoms with van der Waals surface area (Å²) in [5.74, 6) is 0. The van der Waals surface area contributed by atoms with Gasteiger partial charge in [-0.2, -0.15) is 0 Å². The lowest BCUT2D eigenvalue weighted by Gasteiger charge is -2.06. The zero-order valence-electron chi connectivity index (χ0n) is 9.32. The Morgan fingerprint density at radius 2 is 1.35 bits per heavy atom. The lowest BCUT2D eigenvalue weighted by Crippen LogP contribution is -2.14. The first kappa shape index (κ1) is 11.6. The molecule has 2 nitrogen and oxygen atoms in total. The topological polar surface area (TPSA) is 40.5 Å². The van der Waals surface area contributed by atoms with Crippen LogP contribution in [0.2, 0.25) is 0 Å². The number of hydrogen-bond acceptors (Lipinski definition) is 2. The van der Waals surface area contributed by atoms with Gasteiger partial charge in [0.25, 0.3) is 0 Å². The molecule has 3 heteroatoms. The van der Waals surface area contributed by atoms with Crippen molar-refractivity contribution in [3.05, 3.63) is 71.8 Å². The Bertz CT molecular complexity index is 492. The quantitative estimate of drug-likeness (QED) is 0.620. The molecule has 2 aromatic rings. The highest BCUT2D eigenvalue weighted by molar-refractivity contribution is 6.67. The maximum absolute atomic E-state index is 9.41. The minimum atomic E-state index is -1.47. The molecule has 0 atom stereocenters. The second-order valence-electron chi connectivity index (χ2n) is 3.75. The van der Waals surface area contributed by atoms with Crippen molar-refractivity contribution in [2.24, 2.45) is 0 Å². The van der Waals surface area contributed by atoms with Gasteiger partial charge in [0.15, 0.2) is 0 Å². The summed E-state index contributed by atoms with van der Waals surface area (Å²) >= 11 is 0. The normalized spacial score (nSPS) is 11.3. The summed E-state index contributed by atoms with van der Waals surface area (Å²) in [5.41, 5.74) is 2.25. The highest BCUT2D eigenvalue weighted by Crippen LogP contribution is 2.18. The standard InChI is InChI=1S/C14H13BO2/c16-15(17)14(13-9-5-2-6-10-13)11-12-7-3-1-4-8-12/h1-11,16-17H. The fraction of sp³-hybridized carbons (Fsp3) is 0. The summed E-state index contributed by atoms with van der Waals surface area (Å²) < 4.78 is 0. The molecule has 0 fully saturated rings. The molecule has 0 radical (unpaired) electrons. The first-order valence-electron chi connectivity index (χ1n) is 5.45. The summed E-state index contributed by atoms with van der Waals surface area (Å²) in [6.07, 6.45) is 1.78. The molecule has 17 heavy (non-hydrogen) atoms. The fourth-order valence-electron chi connectivity index (χ4n) is 1.67. The summed E-state index contributed by atoms with van der Waals surface area (Å²) in [5, 5.41) is 18.8. The Kier molecular flexibility index (Phi) is 3.75. The zero-order valence-corrected chi connectivity index (χ0v) is 9.32. The van der Waals surface area contributed by atoms with E-state index in [9.17, 15) is 10.0 Å². The van der Waals surface area contributed by atoms with Crippen LogP contribution in [0, 0.1) is 0 Å². The van der Waals surface area contributed by atoms with E-state index >= 15 is 0 Å². The minimum Gasteiger partial charge on any atom is -0.423 e. The maximum atomic E-state index is 9.41. The minimum absolute atomic E-state index is 0.497. The average molecular weight is 224 g/mol. The third kappa shape index (κ3) is 3.06. The number of hydrogen-bond donors (Lipinski definition) is 2. The zero-order chi connectivity index (χ0) is 12.1. The molecule has 0 heterocycles. The molecule has 0 amide bonds. The van der Waals surface area contributed by atoms with Crippen LogP contribution in [0.15, 0.2) is 60.7 Å². The highest BCUT2D eigenvalue weighted by Gasteiger charge is 2.16. The van der Waals surface area contributed by atoms with Crippen LogP contribution in [0.5, 0.6) is 0 Å². The molecule has 0 unspecified atom stereocenters. The van der Waals surface area contributed by atoms with Crippen LogP contribution in [-0.2, 0) is 0 Å². The number of rotatable bonds is 3. The molecular formula is C14H13BO2. The third-order valence-electron chi connectivity index (χ3n) is 2.51. The Morgan fingerprint density at radius 3 is 1.88 bits per heavy atom. The molecular weight excluding hydrogens is 211 g/mol. The van der Waals surface area contributed by atoms with Gasteiger partial charge in [-0.25, -0.2) is 0 Å². The summed E-state index contributed by atoms with van der Waals surface area (Å²) in [6.45, 7) is 0. The van der Waals surface area contributed by atoms with Crippen LogP contribution in [0.1, 0.15) is 11.1 Å². The van der Waals surface area contributed by atoms with E-state index < -0.39 is 7.12 Å². The van der Waals surface area contributed by atoms with Crippen LogP contribution in [0.3, 0.4) is 0 Å². The highest BCUT2D eigenvalue weighted by atomic mass is 16.4. The van der Waals surface area contributed by atoms with Crippen molar-refractivity contribution >= 4 is 18.7 Å². The van der Waals surface area contributed by atoms with Crippen LogP contribution in [0.4, 0.5) is 0 Å². The van der Waals surface area contributed by atoms with Crippen molar-refractivity contribution in [2.45, 2.75) is 0 Å². The van der Waals surface area contributed by atoms with Gasteiger partial charge in [0, 0.05) is 0 Å². The van der Waals surface area contributed by atoms with Crippen molar-refractivity contribution in [3.63, 3.8) is 0 Å². The first-order valence-corrected chi connectivity index (χ1v) is 5.45. The van der Waals surface area contributed by atoms with E-state index in [-0.39, 0.29) is 0 Å². The van der Waals surface area contributed by atoms with Crippen LogP contribution >= 0.6 is 0 Å². The molecule has 0 saturated carbocycles. The van der Waals surface area contributed by atoms with Crippen molar-refractivity contribution < 1.29 is 10.0 Å². The Morgan fingerprint density at radius 1 is 0.824 bits per heavy atom. The third-order valence-corrected chi connectivity index (χ3v) is 2.51.